The maximum atomic E-state index is 12.5. The molecule has 0 saturated carbocycles. The molecule has 0 fully saturated rings. The number of carbonyl (C=O) groups is 1. The molecule has 1 aromatic carbocycles. The van der Waals surface area contributed by atoms with Crippen LogP contribution in [0.1, 0.15) is 16.8 Å². The molecule has 1 aliphatic rings. The number of nitrogens with zero attached hydrogens (tertiary/aromatic N) is 1. The summed E-state index contributed by atoms with van der Waals surface area (Å²) in [7, 11) is 3.22. The molecule has 0 bridgehead atoms. The molecule has 1 aliphatic heterocycles. The largest absolute Gasteiger partial charge is 0.496 e. The summed E-state index contributed by atoms with van der Waals surface area (Å²) in [5.74, 6) is 0.483. The zero-order chi connectivity index (χ0) is 14.5. The van der Waals surface area contributed by atoms with Gasteiger partial charge in [-0.2, -0.15) is 0 Å². The molecule has 0 aromatic heterocycles. The van der Waals surface area contributed by atoms with Gasteiger partial charge in [-0.05, 0) is 24.1 Å². The normalized spacial score (nSPS) is 14.9. The average Bonchev–Trinajstić information content (AvgIpc) is 2.47. The highest BCUT2D eigenvalue weighted by molar-refractivity contribution is 5.97. The summed E-state index contributed by atoms with van der Waals surface area (Å²) in [6.45, 7) is 1.93. The summed E-state index contributed by atoms with van der Waals surface area (Å²) in [6.07, 6.45) is 2.89. The lowest BCUT2D eigenvalue weighted by Gasteiger charge is -2.27. The van der Waals surface area contributed by atoms with Gasteiger partial charge in [0.05, 0.1) is 19.3 Å². The van der Waals surface area contributed by atoms with Gasteiger partial charge in [0.2, 0.25) is 0 Å². The maximum absolute atomic E-state index is 12.5. The number of nitrogen functional groups attached to an aromatic ring is 1. The summed E-state index contributed by atoms with van der Waals surface area (Å²) in [5.41, 5.74) is 8.07. The second-order valence-corrected chi connectivity index (χ2v) is 4.76. The molecular formula is C15H20N2O3. The fraction of sp³-hybridized carbons (Fsp3) is 0.400. The lowest BCUT2D eigenvalue weighted by Crippen LogP contribution is -2.35. The highest BCUT2D eigenvalue weighted by Gasteiger charge is 2.21. The van der Waals surface area contributed by atoms with Crippen molar-refractivity contribution in [3.63, 3.8) is 0 Å². The Bertz CT molecular complexity index is 526. The molecule has 0 spiro atoms. The number of hydrogen-bond acceptors (Lipinski definition) is 4. The van der Waals surface area contributed by atoms with E-state index in [-0.39, 0.29) is 5.91 Å². The van der Waals surface area contributed by atoms with Gasteiger partial charge in [-0.15, -0.1) is 0 Å². The predicted molar refractivity (Wildman–Crippen MR) is 77.9 cm³/mol. The lowest BCUT2D eigenvalue weighted by atomic mass is 10.1. The van der Waals surface area contributed by atoms with Gasteiger partial charge in [0.15, 0.2) is 0 Å². The zero-order valence-electron chi connectivity index (χ0n) is 11.9. The van der Waals surface area contributed by atoms with Crippen molar-refractivity contribution in [2.45, 2.75) is 6.42 Å². The summed E-state index contributed by atoms with van der Waals surface area (Å²) in [6, 6.07) is 5.10. The molecule has 1 heterocycles. The summed E-state index contributed by atoms with van der Waals surface area (Å²) >= 11 is 0. The molecular weight excluding hydrogens is 256 g/mol. The first-order chi connectivity index (χ1) is 9.65. The van der Waals surface area contributed by atoms with Crippen LogP contribution in [-0.4, -0.2) is 44.7 Å². The van der Waals surface area contributed by atoms with Crippen LogP contribution in [0.3, 0.4) is 0 Å². The zero-order valence-corrected chi connectivity index (χ0v) is 11.9. The third kappa shape index (κ3) is 3.11. The van der Waals surface area contributed by atoms with Gasteiger partial charge in [0.1, 0.15) is 5.75 Å². The molecule has 5 nitrogen and oxygen atoms in total. The standard InChI is InChI=1S/C15H20N2O3/c1-19-10-11-5-7-17(8-6-11)15(18)13-4-3-12(16)9-14(13)20-2/h3-5,9H,6-8,10,16H2,1-2H3. The number of nitrogens with two attached hydrogens (primary N) is 1. The third-order valence-corrected chi connectivity index (χ3v) is 3.38. The minimum absolute atomic E-state index is 0.0328. The van der Waals surface area contributed by atoms with E-state index < -0.39 is 0 Å². The number of hydrogen-bond donors (Lipinski definition) is 1. The Morgan fingerprint density at radius 2 is 2.20 bits per heavy atom. The van der Waals surface area contributed by atoms with Crippen molar-refractivity contribution in [2.75, 3.05) is 39.6 Å². The maximum Gasteiger partial charge on any atom is 0.257 e. The molecule has 20 heavy (non-hydrogen) atoms. The molecule has 2 N–H and O–H groups in total. The van der Waals surface area contributed by atoms with Gasteiger partial charge in [0.25, 0.3) is 5.91 Å². The van der Waals surface area contributed by atoms with E-state index >= 15 is 0 Å². The Kier molecular flexibility index (Phi) is 4.63. The quantitative estimate of drug-likeness (QED) is 0.671. The molecule has 0 unspecified atom stereocenters. The van der Waals surface area contributed by atoms with Crippen LogP contribution in [-0.2, 0) is 4.74 Å². The molecule has 0 radical (unpaired) electrons. The van der Waals surface area contributed by atoms with E-state index in [2.05, 4.69) is 6.08 Å². The highest BCUT2D eigenvalue weighted by Crippen LogP contribution is 2.24. The topological polar surface area (TPSA) is 64.8 Å². The lowest BCUT2D eigenvalue weighted by molar-refractivity contribution is 0.0761. The van der Waals surface area contributed by atoms with E-state index in [1.807, 2.05) is 0 Å². The molecule has 0 saturated heterocycles. The van der Waals surface area contributed by atoms with E-state index in [4.69, 9.17) is 15.2 Å². The van der Waals surface area contributed by atoms with Crippen molar-refractivity contribution in [3.8, 4) is 5.75 Å². The van der Waals surface area contributed by atoms with Crippen LogP contribution in [0.5, 0.6) is 5.75 Å². The molecule has 0 atom stereocenters. The SMILES string of the molecule is COCC1=CCN(C(=O)c2ccc(N)cc2OC)CC1. The first-order valence-corrected chi connectivity index (χ1v) is 6.55. The number of carbonyl (C=O) groups excluding carboxylic acids is 1. The number of methoxy groups -OCH3 is 2. The summed E-state index contributed by atoms with van der Waals surface area (Å²) in [5, 5.41) is 0. The average molecular weight is 276 g/mol. The smallest absolute Gasteiger partial charge is 0.257 e. The van der Waals surface area contributed by atoms with Gasteiger partial charge in [-0.3, -0.25) is 4.79 Å². The van der Waals surface area contributed by atoms with Crippen molar-refractivity contribution in [1.29, 1.82) is 0 Å². The van der Waals surface area contributed by atoms with E-state index in [0.717, 1.165) is 6.42 Å². The van der Waals surface area contributed by atoms with Gasteiger partial charge in [-0.1, -0.05) is 6.08 Å². The number of anilines is 1. The summed E-state index contributed by atoms with van der Waals surface area (Å²) < 4.78 is 10.3. The van der Waals surface area contributed by atoms with Crippen LogP contribution in [0, 0.1) is 0 Å². The van der Waals surface area contributed by atoms with E-state index in [9.17, 15) is 4.79 Å². The van der Waals surface area contributed by atoms with Crippen molar-refractivity contribution in [3.05, 3.63) is 35.4 Å². The van der Waals surface area contributed by atoms with Crippen molar-refractivity contribution in [2.24, 2.45) is 0 Å². The van der Waals surface area contributed by atoms with Gasteiger partial charge >= 0.3 is 0 Å². The van der Waals surface area contributed by atoms with Crippen LogP contribution in [0.15, 0.2) is 29.8 Å². The Balaban J connectivity index is 2.13. The van der Waals surface area contributed by atoms with Crippen LogP contribution in [0.4, 0.5) is 5.69 Å². The third-order valence-electron chi connectivity index (χ3n) is 3.38. The molecule has 1 aromatic rings. The number of rotatable bonds is 4. The van der Waals surface area contributed by atoms with E-state index in [1.165, 1.54) is 5.57 Å². The van der Waals surface area contributed by atoms with E-state index in [0.29, 0.717) is 36.7 Å². The molecule has 2 rings (SSSR count). The van der Waals surface area contributed by atoms with Crippen molar-refractivity contribution in [1.82, 2.24) is 4.90 Å². The second-order valence-electron chi connectivity index (χ2n) is 4.76. The Morgan fingerprint density at radius 3 is 2.80 bits per heavy atom. The van der Waals surface area contributed by atoms with E-state index in [1.54, 1.807) is 37.3 Å². The van der Waals surface area contributed by atoms with Crippen LogP contribution in [0.2, 0.25) is 0 Å². The van der Waals surface area contributed by atoms with Crippen molar-refractivity contribution < 1.29 is 14.3 Å². The van der Waals surface area contributed by atoms with Crippen molar-refractivity contribution >= 4 is 11.6 Å². The minimum atomic E-state index is -0.0328. The van der Waals surface area contributed by atoms with Crippen LogP contribution in [0.25, 0.3) is 0 Å². The minimum Gasteiger partial charge on any atom is -0.496 e. The van der Waals surface area contributed by atoms with Crippen LogP contribution < -0.4 is 10.5 Å². The first kappa shape index (κ1) is 14.4. The number of benzene rings is 1. The fourth-order valence-electron chi connectivity index (χ4n) is 2.27. The van der Waals surface area contributed by atoms with Gasteiger partial charge in [0, 0.05) is 32.0 Å². The predicted octanol–water partition coefficient (Wildman–Crippen LogP) is 1.70. The molecule has 1 amide bonds. The van der Waals surface area contributed by atoms with Gasteiger partial charge < -0.3 is 20.1 Å². The first-order valence-electron chi connectivity index (χ1n) is 6.55. The Morgan fingerprint density at radius 1 is 1.40 bits per heavy atom. The fourth-order valence-corrected chi connectivity index (χ4v) is 2.27. The Labute approximate surface area is 119 Å². The Hall–Kier alpha value is -2.01. The monoisotopic (exact) mass is 276 g/mol. The molecule has 0 aliphatic carbocycles. The molecule has 5 heteroatoms. The van der Waals surface area contributed by atoms with Crippen LogP contribution >= 0.6 is 0 Å². The molecule has 108 valence electrons. The summed E-state index contributed by atoms with van der Waals surface area (Å²) in [4.78, 5) is 14.3. The second kappa shape index (κ2) is 6.43. The highest BCUT2D eigenvalue weighted by atomic mass is 16.5. The number of ether oxygens (including phenoxy) is 2. The van der Waals surface area contributed by atoms with Gasteiger partial charge in [-0.25, -0.2) is 0 Å². The number of amides is 1.